The van der Waals surface area contributed by atoms with Gasteiger partial charge in [-0.25, -0.2) is 9.18 Å². The van der Waals surface area contributed by atoms with E-state index in [1.165, 1.54) is 18.2 Å². The number of halogens is 1. The molecule has 0 aliphatic heterocycles. The number of aliphatic carboxylic acids is 1. The molecule has 15 heavy (non-hydrogen) atoms. The van der Waals surface area contributed by atoms with Crippen molar-refractivity contribution in [1.29, 1.82) is 0 Å². The summed E-state index contributed by atoms with van der Waals surface area (Å²) in [6.07, 6.45) is -0.178. The molecular weight excluding hydrogens is 199 g/mol. The van der Waals surface area contributed by atoms with Crippen LogP contribution in [0.1, 0.15) is 18.9 Å². The summed E-state index contributed by atoms with van der Waals surface area (Å²) in [6.45, 7) is 1.55. The molecule has 2 N–H and O–H groups in total. The number of carboxylic acids is 1. The molecule has 1 aromatic rings. The monoisotopic (exact) mass is 212 g/mol. The third kappa shape index (κ3) is 2.53. The summed E-state index contributed by atoms with van der Waals surface area (Å²) in [5.74, 6) is -1.82. The summed E-state index contributed by atoms with van der Waals surface area (Å²) < 4.78 is 13.2. The molecule has 1 aromatic carbocycles. The molecule has 0 amide bonds. The van der Waals surface area contributed by atoms with Crippen LogP contribution >= 0.6 is 0 Å². The van der Waals surface area contributed by atoms with Crippen LogP contribution in [0.2, 0.25) is 0 Å². The maximum absolute atomic E-state index is 13.2. The Kier molecular flexibility index (Phi) is 3.42. The molecule has 3 nitrogen and oxygen atoms in total. The molecular formula is C11H13FO3. The largest absolute Gasteiger partial charge is 0.479 e. The first kappa shape index (κ1) is 11.7. The van der Waals surface area contributed by atoms with Crippen molar-refractivity contribution in [2.24, 2.45) is 0 Å². The SMILES string of the molecule is CC[C@](O)(Cc1ccccc1F)C(=O)O. The minimum Gasteiger partial charge on any atom is -0.479 e. The molecule has 0 unspecified atom stereocenters. The molecule has 0 radical (unpaired) electrons. The van der Waals surface area contributed by atoms with Gasteiger partial charge in [0, 0.05) is 6.42 Å². The standard InChI is InChI=1S/C11H13FO3/c1-2-11(15,10(13)14)7-8-5-3-4-6-9(8)12/h3-6,15H,2,7H2,1H3,(H,13,14)/t11-/m0/s1. The van der Waals surface area contributed by atoms with Gasteiger partial charge in [0.15, 0.2) is 5.60 Å². The second-order valence-electron chi connectivity index (χ2n) is 3.46. The highest BCUT2D eigenvalue weighted by Gasteiger charge is 2.34. The van der Waals surface area contributed by atoms with E-state index in [0.29, 0.717) is 0 Å². The normalized spacial score (nSPS) is 14.6. The van der Waals surface area contributed by atoms with Gasteiger partial charge in [0.05, 0.1) is 0 Å². The van der Waals surface area contributed by atoms with Crippen molar-refractivity contribution in [2.45, 2.75) is 25.4 Å². The van der Waals surface area contributed by atoms with Crippen LogP contribution < -0.4 is 0 Å². The second-order valence-corrected chi connectivity index (χ2v) is 3.46. The van der Waals surface area contributed by atoms with Crippen molar-refractivity contribution in [3.05, 3.63) is 35.6 Å². The van der Waals surface area contributed by atoms with Gasteiger partial charge in [-0.3, -0.25) is 0 Å². The molecule has 0 heterocycles. The molecule has 82 valence electrons. The van der Waals surface area contributed by atoms with Gasteiger partial charge in [-0.05, 0) is 18.1 Å². The molecule has 0 fully saturated rings. The Morgan fingerprint density at radius 2 is 2.07 bits per heavy atom. The minimum atomic E-state index is -1.89. The molecule has 0 bridgehead atoms. The quantitative estimate of drug-likeness (QED) is 0.796. The van der Waals surface area contributed by atoms with Gasteiger partial charge < -0.3 is 10.2 Å². The van der Waals surface area contributed by atoms with Crippen molar-refractivity contribution in [3.63, 3.8) is 0 Å². The molecule has 4 heteroatoms. The van der Waals surface area contributed by atoms with Crippen LogP contribution in [0.15, 0.2) is 24.3 Å². The first-order valence-corrected chi connectivity index (χ1v) is 4.69. The van der Waals surface area contributed by atoms with Crippen LogP contribution in [-0.4, -0.2) is 21.8 Å². The Morgan fingerprint density at radius 1 is 1.47 bits per heavy atom. The molecule has 1 rings (SSSR count). The molecule has 0 aromatic heterocycles. The highest BCUT2D eigenvalue weighted by atomic mass is 19.1. The van der Waals surface area contributed by atoms with Gasteiger partial charge >= 0.3 is 5.97 Å². The van der Waals surface area contributed by atoms with Crippen molar-refractivity contribution in [1.82, 2.24) is 0 Å². The van der Waals surface area contributed by atoms with Crippen LogP contribution in [0.4, 0.5) is 4.39 Å². The van der Waals surface area contributed by atoms with Gasteiger partial charge in [0.1, 0.15) is 5.82 Å². The van der Waals surface area contributed by atoms with Crippen LogP contribution in [0.3, 0.4) is 0 Å². The zero-order valence-corrected chi connectivity index (χ0v) is 8.40. The van der Waals surface area contributed by atoms with Crippen LogP contribution in [0.25, 0.3) is 0 Å². The first-order valence-electron chi connectivity index (χ1n) is 4.69. The number of aliphatic hydroxyl groups is 1. The van der Waals surface area contributed by atoms with E-state index in [2.05, 4.69) is 0 Å². The summed E-state index contributed by atoms with van der Waals surface area (Å²) in [6, 6.07) is 5.84. The van der Waals surface area contributed by atoms with E-state index < -0.39 is 17.4 Å². The number of carbonyl (C=O) groups is 1. The lowest BCUT2D eigenvalue weighted by molar-refractivity contribution is -0.158. The molecule has 0 saturated heterocycles. The number of hydrogen-bond acceptors (Lipinski definition) is 2. The average molecular weight is 212 g/mol. The molecule has 0 aliphatic carbocycles. The van der Waals surface area contributed by atoms with E-state index in [-0.39, 0.29) is 18.4 Å². The molecule has 1 atom stereocenters. The maximum atomic E-state index is 13.2. The zero-order chi connectivity index (χ0) is 11.5. The highest BCUT2D eigenvalue weighted by Crippen LogP contribution is 2.19. The van der Waals surface area contributed by atoms with Gasteiger partial charge in [-0.1, -0.05) is 25.1 Å². The lowest BCUT2D eigenvalue weighted by Gasteiger charge is -2.21. The Bertz CT molecular complexity index is 365. The van der Waals surface area contributed by atoms with Crippen molar-refractivity contribution < 1.29 is 19.4 Å². The fraction of sp³-hybridized carbons (Fsp3) is 0.364. The topological polar surface area (TPSA) is 57.5 Å². The Hall–Kier alpha value is -1.42. The lowest BCUT2D eigenvalue weighted by atomic mass is 9.92. The fourth-order valence-electron chi connectivity index (χ4n) is 1.31. The van der Waals surface area contributed by atoms with Gasteiger partial charge in [-0.2, -0.15) is 0 Å². The number of hydrogen-bond donors (Lipinski definition) is 2. The Morgan fingerprint density at radius 3 is 2.53 bits per heavy atom. The van der Waals surface area contributed by atoms with Crippen molar-refractivity contribution >= 4 is 5.97 Å². The van der Waals surface area contributed by atoms with Crippen LogP contribution in [0.5, 0.6) is 0 Å². The second kappa shape index (κ2) is 4.40. The third-order valence-electron chi connectivity index (χ3n) is 2.42. The summed E-state index contributed by atoms with van der Waals surface area (Å²) in [5.41, 5.74) is -1.67. The van der Waals surface area contributed by atoms with Crippen LogP contribution in [-0.2, 0) is 11.2 Å². The highest BCUT2D eigenvalue weighted by molar-refractivity contribution is 5.77. The Labute approximate surface area is 87.2 Å². The maximum Gasteiger partial charge on any atom is 0.336 e. The summed E-state index contributed by atoms with van der Waals surface area (Å²) in [7, 11) is 0. The van der Waals surface area contributed by atoms with Crippen LogP contribution in [0, 0.1) is 5.82 Å². The summed E-state index contributed by atoms with van der Waals surface area (Å²) in [5, 5.41) is 18.5. The van der Waals surface area contributed by atoms with Gasteiger partial charge in [0.25, 0.3) is 0 Å². The van der Waals surface area contributed by atoms with E-state index >= 15 is 0 Å². The molecule has 0 saturated carbocycles. The number of rotatable bonds is 4. The summed E-state index contributed by atoms with van der Waals surface area (Å²) >= 11 is 0. The fourth-order valence-corrected chi connectivity index (χ4v) is 1.31. The molecule has 0 spiro atoms. The van der Waals surface area contributed by atoms with E-state index in [0.717, 1.165) is 0 Å². The predicted molar refractivity (Wildman–Crippen MR) is 53.0 cm³/mol. The number of carboxylic acid groups (broad SMARTS) is 1. The van der Waals surface area contributed by atoms with Crippen molar-refractivity contribution in [2.75, 3.05) is 0 Å². The zero-order valence-electron chi connectivity index (χ0n) is 8.40. The third-order valence-corrected chi connectivity index (χ3v) is 2.42. The summed E-state index contributed by atoms with van der Waals surface area (Å²) in [4.78, 5) is 10.8. The molecule has 0 aliphatic rings. The predicted octanol–water partition coefficient (Wildman–Crippen LogP) is 1.59. The van der Waals surface area contributed by atoms with Crippen molar-refractivity contribution in [3.8, 4) is 0 Å². The smallest absolute Gasteiger partial charge is 0.336 e. The van der Waals surface area contributed by atoms with E-state index in [1.54, 1.807) is 13.0 Å². The van der Waals surface area contributed by atoms with Gasteiger partial charge in [-0.15, -0.1) is 0 Å². The van der Waals surface area contributed by atoms with E-state index in [4.69, 9.17) is 5.11 Å². The minimum absolute atomic E-state index is 0.0384. The Balaban J connectivity index is 2.94. The average Bonchev–Trinajstić information content (AvgIpc) is 2.21. The lowest BCUT2D eigenvalue weighted by Crippen LogP contribution is -2.40. The van der Waals surface area contributed by atoms with E-state index in [9.17, 15) is 14.3 Å². The first-order chi connectivity index (χ1) is 6.99. The van der Waals surface area contributed by atoms with E-state index in [1.807, 2.05) is 0 Å². The number of benzene rings is 1. The van der Waals surface area contributed by atoms with Gasteiger partial charge in [0.2, 0.25) is 0 Å².